The van der Waals surface area contributed by atoms with Crippen molar-refractivity contribution in [1.29, 1.82) is 0 Å². The zero-order valence-electron chi connectivity index (χ0n) is 16.3. The van der Waals surface area contributed by atoms with Crippen molar-refractivity contribution < 1.29 is 29.0 Å². The molecule has 154 valence electrons. The second kappa shape index (κ2) is 8.84. The van der Waals surface area contributed by atoms with Crippen LogP contribution in [0.15, 0.2) is 42.6 Å². The Hall–Kier alpha value is -2.58. The molecule has 2 heterocycles. The van der Waals surface area contributed by atoms with Gasteiger partial charge in [0.15, 0.2) is 0 Å². The van der Waals surface area contributed by atoms with E-state index in [2.05, 4.69) is 6.58 Å². The molecule has 1 saturated heterocycles. The SMILES string of the molecule is C=CCOC(=O)C1=C(c2ccc(COC(C)=O)cc2)S[C@@H]2[C@H]([C@@H](O)CC)C(=O)N12. The van der Waals surface area contributed by atoms with Gasteiger partial charge in [0, 0.05) is 11.8 Å². The Bertz CT molecular complexity index is 862. The number of aliphatic hydroxyl groups is 1. The molecular weight excluding hydrogens is 394 g/mol. The fourth-order valence-electron chi connectivity index (χ4n) is 3.28. The number of esters is 2. The largest absolute Gasteiger partial charge is 0.461 e. The Morgan fingerprint density at radius 3 is 2.59 bits per heavy atom. The highest BCUT2D eigenvalue weighted by molar-refractivity contribution is 8.09. The van der Waals surface area contributed by atoms with E-state index in [9.17, 15) is 19.5 Å². The number of aliphatic hydroxyl groups excluding tert-OH is 1. The summed E-state index contributed by atoms with van der Waals surface area (Å²) in [6.07, 6.45) is 1.16. The van der Waals surface area contributed by atoms with Crippen LogP contribution in [0, 0.1) is 5.92 Å². The fraction of sp³-hybridized carbons (Fsp3) is 0.381. The summed E-state index contributed by atoms with van der Waals surface area (Å²) in [6.45, 7) is 6.90. The first-order valence-electron chi connectivity index (χ1n) is 9.31. The molecule has 1 amide bonds. The van der Waals surface area contributed by atoms with Gasteiger partial charge < -0.3 is 14.6 Å². The monoisotopic (exact) mass is 417 g/mol. The van der Waals surface area contributed by atoms with Gasteiger partial charge in [-0.2, -0.15) is 0 Å². The summed E-state index contributed by atoms with van der Waals surface area (Å²) in [6, 6.07) is 7.22. The van der Waals surface area contributed by atoms with Gasteiger partial charge in [0.2, 0.25) is 5.91 Å². The van der Waals surface area contributed by atoms with Crippen molar-refractivity contribution in [3.63, 3.8) is 0 Å². The summed E-state index contributed by atoms with van der Waals surface area (Å²) in [5, 5.41) is 9.87. The predicted octanol–water partition coefficient (Wildman–Crippen LogP) is 2.45. The lowest BCUT2D eigenvalue weighted by molar-refractivity contribution is -0.158. The summed E-state index contributed by atoms with van der Waals surface area (Å²) in [5.41, 5.74) is 1.75. The van der Waals surface area contributed by atoms with Crippen LogP contribution in [0.4, 0.5) is 0 Å². The number of fused-ring (bicyclic) bond motifs is 1. The highest BCUT2D eigenvalue weighted by Crippen LogP contribution is 2.54. The third kappa shape index (κ3) is 4.09. The molecule has 3 rings (SSSR count). The van der Waals surface area contributed by atoms with Crippen molar-refractivity contribution in [2.24, 2.45) is 5.92 Å². The van der Waals surface area contributed by atoms with Crippen LogP contribution in [-0.2, 0) is 30.5 Å². The normalized spacial score (nSPS) is 21.3. The van der Waals surface area contributed by atoms with Crippen molar-refractivity contribution in [2.45, 2.75) is 38.4 Å². The van der Waals surface area contributed by atoms with Crippen molar-refractivity contribution in [2.75, 3.05) is 6.61 Å². The Morgan fingerprint density at radius 1 is 1.31 bits per heavy atom. The maximum atomic E-state index is 12.7. The van der Waals surface area contributed by atoms with Crippen molar-refractivity contribution >= 4 is 34.5 Å². The fourth-order valence-corrected chi connectivity index (χ4v) is 4.85. The van der Waals surface area contributed by atoms with Crippen LogP contribution >= 0.6 is 11.8 Å². The van der Waals surface area contributed by atoms with Crippen LogP contribution in [0.3, 0.4) is 0 Å². The smallest absolute Gasteiger partial charge is 0.356 e. The maximum absolute atomic E-state index is 12.7. The summed E-state index contributed by atoms with van der Waals surface area (Å²) < 4.78 is 10.2. The molecule has 1 aromatic rings. The lowest BCUT2D eigenvalue weighted by Crippen LogP contribution is -2.61. The predicted molar refractivity (Wildman–Crippen MR) is 108 cm³/mol. The quantitative estimate of drug-likeness (QED) is 0.394. The summed E-state index contributed by atoms with van der Waals surface area (Å²) >= 11 is 1.38. The average Bonchev–Trinajstić information content (AvgIpc) is 3.06. The first-order valence-corrected chi connectivity index (χ1v) is 10.2. The molecular formula is C21H23NO6S. The molecule has 0 saturated carbocycles. The molecule has 0 unspecified atom stereocenters. The number of carbonyl (C=O) groups excluding carboxylic acids is 3. The zero-order valence-corrected chi connectivity index (χ0v) is 17.1. The van der Waals surface area contributed by atoms with E-state index < -0.39 is 18.0 Å². The maximum Gasteiger partial charge on any atom is 0.356 e. The van der Waals surface area contributed by atoms with Gasteiger partial charge >= 0.3 is 11.9 Å². The van der Waals surface area contributed by atoms with E-state index in [1.165, 1.54) is 29.7 Å². The molecule has 0 aliphatic carbocycles. The number of nitrogens with zero attached hydrogens (tertiary/aromatic N) is 1. The Labute approximate surface area is 173 Å². The van der Waals surface area contributed by atoms with E-state index in [4.69, 9.17) is 9.47 Å². The minimum absolute atomic E-state index is 0.0370. The number of β-lactam (4-membered cyclic amide) rings is 1. The number of thioether (sulfide) groups is 1. The number of amides is 1. The van der Waals surface area contributed by atoms with Crippen molar-refractivity contribution in [1.82, 2.24) is 4.90 Å². The summed E-state index contributed by atoms with van der Waals surface area (Å²) in [4.78, 5) is 38.3. The Morgan fingerprint density at radius 2 is 2.00 bits per heavy atom. The Kier molecular flexibility index (Phi) is 6.44. The minimum atomic E-state index is -0.757. The molecule has 2 aliphatic rings. The molecule has 7 nitrogen and oxygen atoms in total. The molecule has 1 fully saturated rings. The van der Waals surface area contributed by atoms with Gasteiger partial charge in [0.25, 0.3) is 0 Å². The average molecular weight is 417 g/mol. The van der Waals surface area contributed by atoms with Crippen LogP contribution in [0.2, 0.25) is 0 Å². The number of hydrogen-bond donors (Lipinski definition) is 1. The molecule has 1 aromatic carbocycles. The highest BCUT2D eigenvalue weighted by Gasteiger charge is 2.58. The summed E-state index contributed by atoms with van der Waals surface area (Å²) in [5.74, 6) is -1.78. The van der Waals surface area contributed by atoms with Crippen molar-refractivity contribution in [3.8, 4) is 0 Å². The molecule has 0 aromatic heterocycles. The third-order valence-electron chi connectivity index (χ3n) is 4.80. The minimum Gasteiger partial charge on any atom is -0.461 e. The highest BCUT2D eigenvalue weighted by atomic mass is 32.2. The van der Waals surface area contributed by atoms with E-state index >= 15 is 0 Å². The zero-order chi connectivity index (χ0) is 21.1. The second-order valence-corrected chi connectivity index (χ2v) is 7.89. The molecule has 29 heavy (non-hydrogen) atoms. The van der Waals surface area contributed by atoms with Crippen molar-refractivity contribution in [3.05, 3.63) is 53.7 Å². The van der Waals surface area contributed by atoms with Gasteiger partial charge in [-0.1, -0.05) is 55.6 Å². The summed E-state index contributed by atoms with van der Waals surface area (Å²) in [7, 11) is 0. The third-order valence-corrected chi connectivity index (χ3v) is 6.21. The van der Waals surface area contributed by atoms with Gasteiger partial charge in [-0.25, -0.2) is 4.79 Å². The molecule has 0 bridgehead atoms. The van der Waals surface area contributed by atoms with Crippen LogP contribution in [-0.4, -0.2) is 45.9 Å². The first kappa shape index (κ1) is 21.1. The molecule has 3 atom stereocenters. The van der Waals surface area contributed by atoms with E-state index in [1.807, 2.05) is 19.1 Å². The van der Waals surface area contributed by atoms with Gasteiger partial charge in [-0.3, -0.25) is 14.5 Å². The lowest BCUT2D eigenvalue weighted by Gasteiger charge is -2.44. The number of benzene rings is 1. The van der Waals surface area contributed by atoms with Crippen LogP contribution < -0.4 is 0 Å². The second-order valence-electron chi connectivity index (χ2n) is 6.76. The standard InChI is InChI=1S/C21H23NO6S/c1-4-10-27-21(26)17-18(14-8-6-13(7-9-14)11-28-12(3)23)29-20-16(15(24)5-2)19(25)22(17)20/h4,6-9,15-16,20,24H,1,5,10-11H2,2-3H3/t15-,16+,20+/m0/s1. The first-order chi connectivity index (χ1) is 13.9. The molecule has 0 radical (unpaired) electrons. The molecule has 0 spiro atoms. The van der Waals surface area contributed by atoms with E-state index in [1.54, 1.807) is 12.1 Å². The van der Waals surface area contributed by atoms with Crippen LogP contribution in [0.1, 0.15) is 31.4 Å². The number of carbonyl (C=O) groups is 3. The molecule has 2 aliphatic heterocycles. The number of ether oxygens (including phenoxy) is 2. The van der Waals surface area contributed by atoms with E-state index in [0.29, 0.717) is 11.3 Å². The molecule has 8 heteroatoms. The molecule has 1 N–H and O–H groups in total. The van der Waals surface area contributed by atoms with Gasteiger partial charge in [-0.15, -0.1) is 0 Å². The van der Waals surface area contributed by atoms with Gasteiger partial charge in [0.1, 0.15) is 24.3 Å². The van der Waals surface area contributed by atoms with Crippen LogP contribution in [0.5, 0.6) is 0 Å². The Balaban J connectivity index is 1.90. The lowest BCUT2D eigenvalue weighted by atomic mass is 9.89. The number of hydrogen-bond acceptors (Lipinski definition) is 7. The van der Waals surface area contributed by atoms with E-state index in [0.717, 1.165) is 11.1 Å². The van der Waals surface area contributed by atoms with Gasteiger partial charge in [-0.05, 0) is 17.5 Å². The van der Waals surface area contributed by atoms with E-state index in [-0.39, 0.29) is 36.2 Å². The van der Waals surface area contributed by atoms with Crippen LogP contribution in [0.25, 0.3) is 4.91 Å². The number of rotatable bonds is 8. The topological polar surface area (TPSA) is 93.1 Å². The van der Waals surface area contributed by atoms with Gasteiger partial charge in [0.05, 0.1) is 12.0 Å².